The zero-order chi connectivity index (χ0) is 28.5. The summed E-state index contributed by atoms with van der Waals surface area (Å²) < 4.78 is 0. The summed E-state index contributed by atoms with van der Waals surface area (Å²) in [5.41, 5.74) is 12.8. The van der Waals surface area contributed by atoms with E-state index in [0.29, 0.717) is 33.2 Å². The van der Waals surface area contributed by atoms with Crippen molar-refractivity contribution in [2.45, 2.75) is 128 Å². The van der Waals surface area contributed by atoms with Crippen LogP contribution in [-0.4, -0.2) is 37.6 Å². The fraction of sp³-hybridized carbons (Fsp3) is 0.667. The van der Waals surface area contributed by atoms with Crippen LogP contribution in [0.15, 0.2) is 34.7 Å². The third-order valence-electron chi connectivity index (χ3n) is 7.96. The van der Waals surface area contributed by atoms with E-state index in [1.54, 1.807) is 0 Å². The summed E-state index contributed by atoms with van der Waals surface area (Å²) in [4.78, 5) is 0. The van der Waals surface area contributed by atoms with Gasteiger partial charge in [-0.05, 0) is 33.2 Å². The first kappa shape index (κ1) is 35.1. The molecule has 0 heterocycles. The van der Waals surface area contributed by atoms with Crippen molar-refractivity contribution in [1.29, 1.82) is 0 Å². The highest BCUT2D eigenvalue weighted by Gasteiger charge is 2.48. The Morgan fingerprint density at radius 3 is 0.917 bits per heavy atom. The highest BCUT2D eigenvalue weighted by molar-refractivity contribution is 6.91. The number of rotatable bonds is 9. The molecule has 36 heavy (non-hydrogen) atoms. The highest BCUT2D eigenvalue weighted by atomic mass is 35.5. The summed E-state index contributed by atoms with van der Waals surface area (Å²) >= 11 is 11.6. The molecule has 0 saturated carbocycles. The molecule has 0 radical (unpaired) electrons. The van der Waals surface area contributed by atoms with E-state index in [2.05, 4.69) is 117 Å². The first-order valence-corrected chi connectivity index (χ1v) is 18.4. The van der Waals surface area contributed by atoms with Crippen LogP contribution >= 0.6 is 23.2 Å². The number of aliphatic hydroxyl groups is 2. The Balaban J connectivity index is 7.66. The van der Waals surface area contributed by atoms with Gasteiger partial charge < -0.3 is 10.2 Å². The van der Waals surface area contributed by atoms with Crippen molar-refractivity contribution >= 4 is 39.3 Å². The smallest absolute Gasteiger partial charge is 0.195 e. The molecule has 0 aromatic heterocycles. The molecule has 0 aliphatic heterocycles. The van der Waals surface area contributed by atoms with Gasteiger partial charge in [0.2, 0.25) is 0 Å². The van der Waals surface area contributed by atoms with Crippen molar-refractivity contribution in [3.8, 4) is 22.9 Å². The molecule has 0 aromatic rings. The van der Waals surface area contributed by atoms with Crippen LogP contribution in [0, 0.1) is 22.9 Å². The van der Waals surface area contributed by atoms with Gasteiger partial charge >= 0.3 is 0 Å². The minimum atomic E-state index is -2.23. The molecular weight excluding hydrogens is 519 g/mol. The van der Waals surface area contributed by atoms with Gasteiger partial charge in [-0.25, -0.2) is 0 Å². The quantitative estimate of drug-likeness (QED) is 0.166. The average molecular weight is 568 g/mol. The summed E-state index contributed by atoms with van der Waals surface area (Å²) in [5, 5.41) is 24.0. The van der Waals surface area contributed by atoms with Crippen LogP contribution in [0.2, 0.25) is 33.2 Å². The second kappa shape index (κ2) is 14.3. The standard InChI is InChI=1S/C30H48Cl2O2Si2/c1-23(2)35(24(3)4,25(5)6)21-17-29(33,15-13-19-31)30(34,16-14-20-32)18-22-36(26(7)8,27(9)10)28(11)12/h15-16,19-20,23-28,33-34H,1-12H3/t13?,14?,29-,30-/m0/s1. The first-order valence-electron chi connectivity index (χ1n) is 13.0. The molecule has 2 nitrogen and oxygen atoms in total. The lowest BCUT2D eigenvalue weighted by atomic mass is 9.83. The van der Waals surface area contributed by atoms with Gasteiger partial charge in [0, 0.05) is 23.2 Å². The van der Waals surface area contributed by atoms with E-state index < -0.39 is 27.3 Å². The molecule has 0 amide bonds. The maximum Gasteiger partial charge on any atom is 0.195 e. The van der Waals surface area contributed by atoms with E-state index in [4.69, 9.17) is 23.2 Å². The topological polar surface area (TPSA) is 40.5 Å². The van der Waals surface area contributed by atoms with E-state index in [0.717, 1.165) is 11.1 Å². The number of hydrogen-bond acceptors (Lipinski definition) is 2. The van der Waals surface area contributed by atoms with Crippen LogP contribution in [0.1, 0.15) is 83.1 Å². The minimum absolute atomic E-state index is 0.349. The Morgan fingerprint density at radius 1 is 0.528 bits per heavy atom. The summed E-state index contributed by atoms with van der Waals surface area (Å²) in [7, 11) is -4.46. The molecule has 0 spiro atoms. The van der Waals surface area contributed by atoms with E-state index in [-0.39, 0.29) is 0 Å². The van der Waals surface area contributed by atoms with Gasteiger partial charge in [-0.2, -0.15) is 0 Å². The molecule has 0 aliphatic carbocycles. The Kier molecular flexibility index (Phi) is 13.9. The van der Waals surface area contributed by atoms with Crippen molar-refractivity contribution in [3.05, 3.63) is 34.7 Å². The van der Waals surface area contributed by atoms with Crippen LogP contribution in [-0.2, 0) is 0 Å². The maximum absolute atomic E-state index is 12.0. The second-order valence-electron chi connectivity index (χ2n) is 11.7. The molecule has 0 aliphatic rings. The molecule has 0 bridgehead atoms. The third-order valence-corrected chi connectivity index (χ3v) is 20.8. The van der Waals surface area contributed by atoms with Gasteiger partial charge in [0.05, 0.1) is 0 Å². The van der Waals surface area contributed by atoms with Crippen LogP contribution in [0.5, 0.6) is 0 Å². The second-order valence-corrected chi connectivity index (χ2v) is 23.3. The Labute approximate surface area is 234 Å². The fourth-order valence-electron chi connectivity index (χ4n) is 6.06. The molecule has 202 valence electrons. The zero-order valence-corrected chi connectivity index (χ0v) is 27.9. The molecule has 2 atom stereocenters. The Hall–Kier alpha value is -0.906. The van der Waals surface area contributed by atoms with E-state index in [9.17, 15) is 10.2 Å². The van der Waals surface area contributed by atoms with Crippen molar-refractivity contribution in [1.82, 2.24) is 0 Å². The van der Waals surface area contributed by atoms with Crippen LogP contribution in [0.25, 0.3) is 0 Å². The highest BCUT2D eigenvalue weighted by Crippen LogP contribution is 2.42. The van der Waals surface area contributed by atoms with Gasteiger partial charge in [-0.3, -0.25) is 0 Å². The van der Waals surface area contributed by atoms with Gasteiger partial charge in [0.15, 0.2) is 11.2 Å². The van der Waals surface area contributed by atoms with Crippen molar-refractivity contribution < 1.29 is 10.2 Å². The minimum Gasteiger partial charge on any atom is -0.370 e. The molecular formula is C30H48Cl2O2Si2. The predicted molar refractivity (Wildman–Crippen MR) is 165 cm³/mol. The zero-order valence-electron chi connectivity index (χ0n) is 24.4. The third kappa shape index (κ3) is 7.35. The summed E-state index contributed by atoms with van der Waals surface area (Å²) in [6.07, 6.45) is 2.61. The van der Waals surface area contributed by atoms with Gasteiger partial charge in [-0.1, -0.05) is 118 Å². The lowest BCUT2D eigenvalue weighted by Crippen LogP contribution is -2.52. The van der Waals surface area contributed by atoms with Crippen LogP contribution < -0.4 is 0 Å². The monoisotopic (exact) mass is 566 g/mol. The van der Waals surface area contributed by atoms with Gasteiger partial charge in [0.1, 0.15) is 16.1 Å². The normalized spacial score (nSPS) is 15.4. The lowest BCUT2D eigenvalue weighted by Gasteiger charge is -2.40. The molecule has 0 unspecified atom stereocenters. The summed E-state index contributed by atoms with van der Waals surface area (Å²) in [5.74, 6) is 6.19. The van der Waals surface area contributed by atoms with Crippen molar-refractivity contribution in [2.75, 3.05) is 0 Å². The summed E-state index contributed by atoms with van der Waals surface area (Å²) in [6.45, 7) is 26.4. The largest absolute Gasteiger partial charge is 0.370 e. The van der Waals surface area contributed by atoms with E-state index >= 15 is 0 Å². The maximum atomic E-state index is 12.0. The van der Waals surface area contributed by atoms with Crippen molar-refractivity contribution in [3.63, 3.8) is 0 Å². The molecule has 0 fully saturated rings. The van der Waals surface area contributed by atoms with E-state index in [1.807, 2.05) is 0 Å². The lowest BCUT2D eigenvalue weighted by molar-refractivity contribution is -0.0159. The average Bonchev–Trinajstić information content (AvgIpc) is 2.75. The van der Waals surface area contributed by atoms with Crippen LogP contribution in [0.3, 0.4) is 0 Å². The first-order chi connectivity index (χ1) is 16.4. The summed E-state index contributed by atoms with van der Waals surface area (Å²) in [6, 6.07) is 0. The van der Waals surface area contributed by atoms with Gasteiger partial charge in [-0.15, -0.1) is 22.5 Å². The molecule has 0 saturated heterocycles. The molecule has 2 N–H and O–H groups in total. The van der Waals surface area contributed by atoms with Crippen molar-refractivity contribution in [2.24, 2.45) is 0 Å². The van der Waals surface area contributed by atoms with Gasteiger partial charge in [0.25, 0.3) is 0 Å². The molecule has 0 aromatic carbocycles. The fourth-order valence-corrected chi connectivity index (χ4v) is 16.7. The molecule has 0 rings (SSSR count). The molecule has 6 heteroatoms. The van der Waals surface area contributed by atoms with Crippen LogP contribution in [0.4, 0.5) is 0 Å². The van der Waals surface area contributed by atoms with E-state index in [1.165, 1.54) is 12.2 Å². The Bertz CT molecular complexity index is 852. The number of halogens is 2. The Morgan fingerprint density at radius 2 is 0.750 bits per heavy atom. The number of hydrogen-bond donors (Lipinski definition) is 2. The predicted octanol–water partition coefficient (Wildman–Crippen LogP) is 8.71. The SMILES string of the molecule is CC(C)[Si](C#C[C@@](O)(C=C=CCl)[C@@](O)(C#C[Si](C(C)C)(C(C)C)C(C)C)C=C=CCl)(C(C)C)C(C)C.